The first kappa shape index (κ1) is 34.4. The van der Waals surface area contributed by atoms with Crippen LogP contribution in [0, 0.1) is 11.8 Å². The summed E-state index contributed by atoms with van der Waals surface area (Å²) < 4.78 is 23.8. The number of allylic oxidation sites excluding steroid dienone is 1. The van der Waals surface area contributed by atoms with E-state index in [9.17, 15) is 5.11 Å². The van der Waals surface area contributed by atoms with Gasteiger partial charge in [0, 0.05) is 11.8 Å². The molecule has 0 bridgehead atoms. The predicted octanol–water partition coefficient (Wildman–Crippen LogP) is 6.01. The van der Waals surface area contributed by atoms with Crippen LogP contribution in [0.5, 0.6) is 0 Å². The number of hydrogen-bond acceptors (Lipinski definition) is 5. The lowest BCUT2D eigenvalue weighted by atomic mass is 9.73. The molecule has 7 heteroatoms. The van der Waals surface area contributed by atoms with Crippen LogP contribution in [-0.2, 0) is 18.9 Å². The summed E-state index contributed by atoms with van der Waals surface area (Å²) >= 11 is 0. The summed E-state index contributed by atoms with van der Waals surface area (Å²) in [5.74, 6) is 0.0398. The van der Waals surface area contributed by atoms with Crippen molar-refractivity contribution >= 4 is 15.7 Å². The molecule has 2 aliphatic rings. The van der Waals surface area contributed by atoms with Crippen LogP contribution in [0.15, 0.2) is 24.3 Å². The molecule has 0 amide bonds. The zero-order valence-corrected chi connectivity index (χ0v) is 25.7. The summed E-state index contributed by atoms with van der Waals surface area (Å²) in [5.41, 5.74) is -0.781. The van der Waals surface area contributed by atoms with Crippen LogP contribution >= 0.6 is 0 Å². The molecular weight excluding hydrogens is 462 g/mol. The van der Waals surface area contributed by atoms with Gasteiger partial charge in [-0.2, -0.15) is 0 Å². The van der Waals surface area contributed by atoms with Gasteiger partial charge in [0.15, 0.2) is 0 Å². The molecule has 210 valence electrons. The highest BCUT2D eigenvalue weighted by molar-refractivity contribution is 6.13. The first-order valence-electron chi connectivity index (χ1n) is 13.8. The molecule has 2 aliphatic carbocycles. The van der Waals surface area contributed by atoms with Crippen LogP contribution in [0.25, 0.3) is 0 Å². The molecule has 0 unspecified atom stereocenters. The summed E-state index contributed by atoms with van der Waals surface area (Å²) in [5, 5.41) is 10.2. The Kier molecular flexibility index (Phi) is 12.7. The third-order valence-electron chi connectivity index (χ3n) is 5.73. The van der Waals surface area contributed by atoms with Gasteiger partial charge in [0.25, 0.3) is 0 Å². The van der Waals surface area contributed by atoms with Crippen molar-refractivity contribution < 1.29 is 24.1 Å². The average molecular weight is 516 g/mol. The summed E-state index contributed by atoms with van der Waals surface area (Å²) in [6, 6.07) is 0. The van der Waals surface area contributed by atoms with Gasteiger partial charge < -0.3 is 24.1 Å². The number of ether oxygens (including phenoxy) is 4. The molecular formula is C30H54B2O5. The van der Waals surface area contributed by atoms with Crippen molar-refractivity contribution in [2.24, 2.45) is 11.8 Å². The molecule has 0 aromatic carbocycles. The van der Waals surface area contributed by atoms with Gasteiger partial charge in [-0.3, -0.25) is 0 Å². The van der Waals surface area contributed by atoms with Crippen LogP contribution in [0.3, 0.4) is 0 Å². The second kappa shape index (κ2) is 13.7. The molecule has 7 atom stereocenters. The maximum Gasteiger partial charge on any atom is 0.0923 e. The van der Waals surface area contributed by atoms with Crippen LogP contribution in [0.2, 0.25) is 11.6 Å². The predicted molar refractivity (Wildman–Crippen MR) is 156 cm³/mol. The van der Waals surface area contributed by atoms with E-state index in [1.165, 1.54) is 0 Å². The van der Waals surface area contributed by atoms with Gasteiger partial charge in [0.2, 0.25) is 0 Å². The van der Waals surface area contributed by atoms with Crippen LogP contribution in [0.1, 0.15) is 89.5 Å². The second-order valence-electron chi connectivity index (χ2n) is 14.4. The van der Waals surface area contributed by atoms with Gasteiger partial charge in [-0.15, -0.1) is 0 Å². The highest BCUT2D eigenvalue weighted by atomic mass is 16.5. The zero-order chi connectivity index (χ0) is 28.8. The third-order valence-corrected chi connectivity index (χ3v) is 5.73. The third kappa shape index (κ3) is 15.0. The Morgan fingerprint density at radius 1 is 0.649 bits per heavy atom. The van der Waals surface area contributed by atoms with E-state index in [-0.39, 0.29) is 52.2 Å². The van der Waals surface area contributed by atoms with E-state index >= 15 is 0 Å². The lowest BCUT2D eigenvalue weighted by molar-refractivity contribution is -0.145. The average Bonchev–Trinajstić information content (AvgIpc) is 2.67. The van der Waals surface area contributed by atoms with Gasteiger partial charge >= 0.3 is 0 Å². The fraction of sp³-hybridized carbons (Fsp3) is 0.867. The second-order valence-corrected chi connectivity index (χ2v) is 14.4. The van der Waals surface area contributed by atoms with Crippen molar-refractivity contribution in [1.29, 1.82) is 0 Å². The molecule has 0 heterocycles. The molecule has 0 aromatic rings. The van der Waals surface area contributed by atoms with Crippen LogP contribution in [0.4, 0.5) is 0 Å². The smallest absolute Gasteiger partial charge is 0.0923 e. The summed E-state index contributed by atoms with van der Waals surface area (Å²) in [6.45, 7) is 25.7. The van der Waals surface area contributed by atoms with E-state index in [1.54, 1.807) is 0 Å². The Morgan fingerprint density at radius 3 is 1.57 bits per heavy atom. The highest BCUT2D eigenvalue weighted by Crippen LogP contribution is 2.32. The van der Waals surface area contributed by atoms with Crippen molar-refractivity contribution in [2.75, 3.05) is 13.2 Å². The standard InChI is InChI=1S/C15H27BO3.C15H27BO2/c1-14(2,3)18-9-10-7-8-11(16)12(17)13(10)19-15(4,5)6;1-14(2,3)17-10-11-7-8-12(16)9-13(11)18-15(4,5)6/h7-8,10-13,17H,9H2,1-6H3;7-8,11-13H,9-10H2,1-6H3/t10-,11-,12+,13-;11-,12-,13+/m11/s1. The molecule has 0 aromatic heterocycles. The van der Waals surface area contributed by atoms with Crippen molar-refractivity contribution in [3.8, 4) is 0 Å². The van der Waals surface area contributed by atoms with E-state index < -0.39 is 6.10 Å². The molecule has 0 fully saturated rings. The Labute approximate surface area is 230 Å². The van der Waals surface area contributed by atoms with Gasteiger partial charge in [-0.05, 0) is 95.3 Å². The highest BCUT2D eigenvalue weighted by Gasteiger charge is 2.37. The lowest BCUT2D eigenvalue weighted by Gasteiger charge is -2.40. The SMILES string of the molecule is [B][C@@H]1C=C[C@H](COC(C)(C)C)[C@@H](OC(C)(C)C)C1.[B][C@@H]1C=C[C@H](COC(C)(C)C)[C@@H](OC(C)(C)C)[C@H]1O. The summed E-state index contributed by atoms with van der Waals surface area (Å²) in [4.78, 5) is 0. The number of rotatable bonds is 6. The lowest BCUT2D eigenvalue weighted by Crippen LogP contribution is -2.46. The maximum absolute atomic E-state index is 10.2. The molecule has 0 saturated carbocycles. The van der Waals surface area contributed by atoms with E-state index in [1.807, 2.05) is 53.7 Å². The van der Waals surface area contributed by atoms with Crippen molar-refractivity contribution in [3.63, 3.8) is 0 Å². The van der Waals surface area contributed by atoms with Crippen molar-refractivity contribution in [3.05, 3.63) is 24.3 Å². The Morgan fingerprint density at radius 2 is 1.11 bits per heavy atom. The molecule has 0 saturated heterocycles. The monoisotopic (exact) mass is 516 g/mol. The molecule has 0 aliphatic heterocycles. The van der Waals surface area contributed by atoms with Crippen LogP contribution in [-0.4, -0.2) is 74.7 Å². The minimum absolute atomic E-state index is 0.0215. The number of aliphatic hydroxyl groups is 1. The molecule has 37 heavy (non-hydrogen) atoms. The largest absolute Gasteiger partial charge is 0.391 e. The van der Waals surface area contributed by atoms with Crippen molar-refractivity contribution in [1.82, 2.24) is 0 Å². The molecule has 0 spiro atoms. The van der Waals surface area contributed by atoms with Gasteiger partial charge in [0.1, 0.15) is 0 Å². The summed E-state index contributed by atoms with van der Waals surface area (Å²) in [7, 11) is 11.9. The van der Waals surface area contributed by atoms with Gasteiger partial charge in [0.05, 0.1) is 69.6 Å². The van der Waals surface area contributed by atoms with Gasteiger partial charge in [-0.25, -0.2) is 0 Å². The minimum atomic E-state index is -0.696. The molecule has 5 nitrogen and oxygen atoms in total. The Balaban J connectivity index is 0.000000371. The van der Waals surface area contributed by atoms with E-state index in [0.717, 1.165) is 6.42 Å². The number of aliphatic hydroxyl groups excluding tert-OH is 1. The van der Waals surface area contributed by atoms with Crippen molar-refractivity contribution in [2.45, 2.75) is 142 Å². The maximum atomic E-state index is 10.2. The minimum Gasteiger partial charge on any atom is -0.391 e. The van der Waals surface area contributed by atoms with E-state index in [0.29, 0.717) is 19.1 Å². The van der Waals surface area contributed by atoms with Gasteiger partial charge in [-0.1, -0.05) is 30.1 Å². The molecule has 2 rings (SSSR count). The Bertz CT molecular complexity index is 724. The molecule has 1 N–H and O–H groups in total. The zero-order valence-electron chi connectivity index (χ0n) is 25.7. The first-order chi connectivity index (χ1) is 16.6. The normalized spacial score (nSPS) is 31.1. The topological polar surface area (TPSA) is 57.2 Å². The number of hydrogen-bond donors (Lipinski definition) is 1. The Hall–Kier alpha value is -0.590. The summed E-state index contributed by atoms with van der Waals surface area (Å²) in [6.07, 6.45) is 8.04. The fourth-order valence-electron chi connectivity index (χ4n) is 4.06. The molecule has 4 radical (unpaired) electrons. The quantitative estimate of drug-likeness (QED) is 0.346. The first-order valence-corrected chi connectivity index (χ1v) is 13.8. The van der Waals surface area contributed by atoms with E-state index in [4.69, 9.17) is 34.6 Å². The fourth-order valence-corrected chi connectivity index (χ4v) is 4.06. The van der Waals surface area contributed by atoms with E-state index in [2.05, 4.69) is 53.7 Å². The van der Waals surface area contributed by atoms with Crippen LogP contribution < -0.4 is 0 Å².